The van der Waals surface area contributed by atoms with Crippen molar-refractivity contribution in [3.63, 3.8) is 0 Å². The normalized spacial score (nSPS) is 10.0. The summed E-state index contributed by atoms with van der Waals surface area (Å²) in [6.45, 7) is 0.632. The van der Waals surface area contributed by atoms with Gasteiger partial charge in [-0.1, -0.05) is 36.3 Å². The van der Waals surface area contributed by atoms with Crippen LogP contribution in [0.25, 0.3) is 11.5 Å². The summed E-state index contributed by atoms with van der Waals surface area (Å²) >= 11 is 0. The third kappa shape index (κ3) is 4.06. The maximum atomic E-state index is 12.1. The quantitative estimate of drug-likeness (QED) is 0.680. The zero-order chi connectivity index (χ0) is 17.5. The number of para-hydroxylation sites is 1. The molecule has 0 fully saturated rings. The van der Waals surface area contributed by atoms with Gasteiger partial charge in [0.1, 0.15) is 6.26 Å². The molecular weight excluding hydrogens is 314 g/mol. The van der Waals surface area contributed by atoms with E-state index in [2.05, 4.69) is 21.5 Å². The van der Waals surface area contributed by atoms with E-state index in [1.165, 1.54) is 0 Å². The number of rotatable bonds is 6. The number of carbonyl (C=O) groups excluding carboxylic acids is 1. The number of hydrogen-bond donors (Lipinski definition) is 2. The molecular formula is C20H17N3O2. The van der Waals surface area contributed by atoms with Crippen LogP contribution in [0.2, 0.25) is 0 Å². The standard InChI is InChI=1S/C20H17N3O2/c1-2-12-21-19(24)17-10-6-7-11-18(17)22-13-16-14-25-20(23-16)15-8-4-3-5-9-15/h1,3-11,14,22H,12-13H2,(H,21,24). The Morgan fingerprint density at radius 3 is 2.68 bits per heavy atom. The van der Waals surface area contributed by atoms with Crippen molar-refractivity contribution in [2.24, 2.45) is 0 Å². The van der Waals surface area contributed by atoms with Gasteiger partial charge in [0, 0.05) is 11.3 Å². The molecule has 0 unspecified atom stereocenters. The largest absolute Gasteiger partial charge is 0.444 e. The molecule has 2 aromatic carbocycles. The number of oxazole rings is 1. The third-order valence-corrected chi connectivity index (χ3v) is 3.56. The zero-order valence-electron chi connectivity index (χ0n) is 13.5. The minimum atomic E-state index is -0.217. The Morgan fingerprint density at radius 2 is 1.88 bits per heavy atom. The number of carbonyl (C=O) groups is 1. The van der Waals surface area contributed by atoms with Gasteiger partial charge in [0.25, 0.3) is 5.91 Å². The van der Waals surface area contributed by atoms with Gasteiger partial charge in [-0.15, -0.1) is 6.42 Å². The highest BCUT2D eigenvalue weighted by atomic mass is 16.3. The first kappa shape index (κ1) is 16.3. The number of hydrogen-bond acceptors (Lipinski definition) is 4. The number of amides is 1. The average Bonchev–Trinajstić information content (AvgIpc) is 3.14. The van der Waals surface area contributed by atoms with Gasteiger partial charge in [-0.25, -0.2) is 4.98 Å². The number of benzene rings is 2. The fourth-order valence-electron chi connectivity index (χ4n) is 2.35. The molecule has 1 amide bonds. The lowest BCUT2D eigenvalue weighted by Crippen LogP contribution is -2.24. The van der Waals surface area contributed by atoms with Crippen molar-refractivity contribution in [2.75, 3.05) is 11.9 Å². The minimum absolute atomic E-state index is 0.191. The molecule has 3 rings (SSSR count). The van der Waals surface area contributed by atoms with Crippen LogP contribution in [0, 0.1) is 12.3 Å². The molecule has 2 N–H and O–H groups in total. The lowest BCUT2D eigenvalue weighted by molar-refractivity contribution is 0.0959. The molecule has 5 heteroatoms. The predicted molar refractivity (Wildman–Crippen MR) is 96.9 cm³/mol. The monoisotopic (exact) mass is 331 g/mol. The highest BCUT2D eigenvalue weighted by Gasteiger charge is 2.11. The number of aromatic nitrogens is 1. The second-order valence-electron chi connectivity index (χ2n) is 5.30. The molecule has 1 aromatic heterocycles. The second kappa shape index (κ2) is 7.84. The second-order valence-corrected chi connectivity index (χ2v) is 5.30. The molecule has 0 aliphatic rings. The maximum Gasteiger partial charge on any atom is 0.254 e. The van der Waals surface area contributed by atoms with Crippen molar-refractivity contribution >= 4 is 11.6 Å². The van der Waals surface area contributed by atoms with Gasteiger partial charge in [-0.05, 0) is 24.3 Å². The highest BCUT2D eigenvalue weighted by Crippen LogP contribution is 2.20. The zero-order valence-corrected chi connectivity index (χ0v) is 13.5. The maximum absolute atomic E-state index is 12.1. The lowest BCUT2D eigenvalue weighted by atomic mass is 10.1. The molecule has 5 nitrogen and oxygen atoms in total. The molecule has 3 aromatic rings. The summed E-state index contributed by atoms with van der Waals surface area (Å²) in [5.41, 5.74) is 2.91. The van der Waals surface area contributed by atoms with Crippen LogP contribution < -0.4 is 10.6 Å². The summed E-state index contributed by atoms with van der Waals surface area (Å²) < 4.78 is 5.52. The van der Waals surface area contributed by atoms with Crippen LogP contribution in [0.3, 0.4) is 0 Å². The van der Waals surface area contributed by atoms with Gasteiger partial charge in [0.15, 0.2) is 0 Å². The summed E-state index contributed by atoms with van der Waals surface area (Å²) in [6, 6.07) is 16.9. The first-order chi connectivity index (χ1) is 12.3. The number of anilines is 1. The van der Waals surface area contributed by atoms with Gasteiger partial charge in [0.2, 0.25) is 5.89 Å². The van der Waals surface area contributed by atoms with E-state index in [4.69, 9.17) is 10.8 Å². The first-order valence-electron chi connectivity index (χ1n) is 7.82. The van der Waals surface area contributed by atoms with Crippen LogP contribution in [0.4, 0.5) is 5.69 Å². The molecule has 25 heavy (non-hydrogen) atoms. The van der Waals surface area contributed by atoms with Crippen molar-refractivity contribution in [1.82, 2.24) is 10.3 Å². The SMILES string of the molecule is C#CCNC(=O)c1ccccc1NCc1coc(-c2ccccc2)n1. The highest BCUT2D eigenvalue weighted by molar-refractivity contribution is 5.99. The van der Waals surface area contributed by atoms with Gasteiger partial charge < -0.3 is 15.1 Å². The first-order valence-corrected chi connectivity index (χ1v) is 7.82. The van der Waals surface area contributed by atoms with E-state index < -0.39 is 0 Å². The smallest absolute Gasteiger partial charge is 0.254 e. The van der Waals surface area contributed by atoms with E-state index in [0.717, 1.165) is 11.3 Å². The van der Waals surface area contributed by atoms with Crippen molar-refractivity contribution in [2.45, 2.75) is 6.54 Å². The van der Waals surface area contributed by atoms with Crippen LogP contribution in [0.15, 0.2) is 65.3 Å². The van der Waals surface area contributed by atoms with E-state index in [0.29, 0.717) is 23.7 Å². The minimum Gasteiger partial charge on any atom is -0.444 e. The molecule has 0 radical (unpaired) electrons. The van der Waals surface area contributed by atoms with Gasteiger partial charge in [-0.2, -0.15) is 0 Å². The van der Waals surface area contributed by atoms with Crippen molar-refractivity contribution in [1.29, 1.82) is 0 Å². The molecule has 0 spiro atoms. The fourth-order valence-corrected chi connectivity index (χ4v) is 2.35. The van der Waals surface area contributed by atoms with E-state index >= 15 is 0 Å². The molecule has 0 bridgehead atoms. The van der Waals surface area contributed by atoms with Gasteiger partial charge in [-0.3, -0.25) is 4.79 Å². The van der Waals surface area contributed by atoms with Crippen molar-refractivity contribution in [3.05, 3.63) is 72.1 Å². The topological polar surface area (TPSA) is 67.2 Å². The van der Waals surface area contributed by atoms with Crippen LogP contribution in [-0.2, 0) is 6.54 Å². The van der Waals surface area contributed by atoms with Crippen LogP contribution in [-0.4, -0.2) is 17.4 Å². The molecule has 0 saturated carbocycles. The van der Waals surface area contributed by atoms with E-state index in [-0.39, 0.29) is 12.5 Å². The summed E-state index contributed by atoms with van der Waals surface area (Å²) in [6.07, 6.45) is 6.79. The number of nitrogens with one attached hydrogen (secondary N) is 2. The van der Waals surface area contributed by atoms with Gasteiger partial charge in [0.05, 0.1) is 24.3 Å². The molecule has 0 aliphatic heterocycles. The summed E-state index contributed by atoms with van der Waals surface area (Å²) in [5, 5.41) is 5.88. The van der Waals surface area contributed by atoms with Gasteiger partial charge >= 0.3 is 0 Å². The predicted octanol–water partition coefficient (Wildman–Crippen LogP) is 3.32. The Hall–Kier alpha value is -3.52. The average molecular weight is 331 g/mol. The molecule has 0 aliphatic carbocycles. The summed E-state index contributed by atoms with van der Waals surface area (Å²) in [4.78, 5) is 16.6. The summed E-state index contributed by atoms with van der Waals surface area (Å²) in [5.74, 6) is 2.74. The van der Waals surface area contributed by atoms with Crippen molar-refractivity contribution < 1.29 is 9.21 Å². The van der Waals surface area contributed by atoms with Crippen LogP contribution in [0.5, 0.6) is 0 Å². The van der Waals surface area contributed by atoms with E-state index in [9.17, 15) is 4.79 Å². The Labute approximate surface area is 146 Å². The summed E-state index contributed by atoms with van der Waals surface area (Å²) in [7, 11) is 0. The van der Waals surface area contributed by atoms with Crippen LogP contribution in [0.1, 0.15) is 16.1 Å². The van der Waals surface area contributed by atoms with Crippen LogP contribution >= 0.6 is 0 Å². The number of nitrogens with zero attached hydrogens (tertiary/aromatic N) is 1. The lowest BCUT2D eigenvalue weighted by Gasteiger charge is -2.10. The number of terminal acetylenes is 1. The van der Waals surface area contributed by atoms with Crippen molar-refractivity contribution in [3.8, 4) is 23.8 Å². The molecule has 124 valence electrons. The molecule has 0 saturated heterocycles. The molecule has 1 heterocycles. The Bertz CT molecular complexity index is 895. The van der Waals surface area contributed by atoms with E-state index in [1.54, 1.807) is 18.4 Å². The Balaban J connectivity index is 1.69. The Kier molecular flexibility index (Phi) is 5.13. The Morgan fingerprint density at radius 1 is 1.12 bits per heavy atom. The van der Waals surface area contributed by atoms with E-state index in [1.807, 2.05) is 42.5 Å². The molecule has 0 atom stereocenters. The fraction of sp³-hybridized carbons (Fsp3) is 0.100. The third-order valence-electron chi connectivity index (χ3n) is 3.56.